The first-order valence-electron chi connectivity index (χ1n) is 5.03. The van der Waals surface area contributed by atoms with Crippen LogP contribution in [0.25, 0.3) is 0 Å². The van der Waals surface area contributed by atoms with E-state index in [1.54, 1.807) is 0 Å². The number of anilines is 1. The van der Waals surface area contributed by atoms with E-state index >= 15 is 0 Å². The Labute approximate surface area is 93.1 Å². The summed E-state index contributed by atoms with van der Waals surface area (Å²) in [6.45, 7) is 6.25. The van der Waals surface area contributed by atoms with Gasteiger partial charge in [0.1, 0.15) is 0 Å². The van der Waals surface area contributed by atoms with Crippen LogP contribution in [0.5, 0.6) is 0 Å². The van der Waals surface area contributed by atoms with E-state index in [9.17, 15) is 4.39 Å². The summed E-state index contributed by atoms with van der Waals surface area (Å²) in [5.41, 5.74) is 0. The molecule has 1 aromatic heterocycles. The van der Waals surface area contributed by atoms with Crippen molar-refractivity contribution < 1.29 is 4.39 Å². The van der Waals surface area contributed by atoms with Crippen molar-refractivity contribution in [1.29, 1.82) is 0 Å². The van der Waals surface area contributed by atoms with Crippen LogP contribution < -0.4 is 4.90 Å². The normalized spacial score (nSPS) is 26.7. The Balaban J connectivity index is 2.12. The average molecular weight is 227 g/mol. The highest BCUT2D eigenvalue weighted by Gasteiger charge is 2.23. The minimum absolute atomic E-state index is 0.383. The first kappa shape index (κ1) is 10.7. The third kappa shape index (κ3) is 2.59. The van der Waals surface area contributed by atoms with Crippen molar-refractivity contribution in [2.75, 3.05) is 18.0 Å². The Morgan fingerprint density at radius 1 is 1.27 bits per heavy atom. The lowest BCUT2D eigenvalue weighted by molar-refractivity contribution is 0.609. The lowest BCUT2D eigenvalue weighted by Gasteiger charge is -2.34. The summed E-state index contributed by atoms with van der Waals surface area (Å²) in [7, 11) is 0. The fourth-order valence-corrected chi connectivity index (χ4v) is 3.14. The number of aromatic nitrogens is 2. The summed E-state index contributed by atoms with van der Waals surface area (Å²) in [6, 6.07) is 0. The van der Waals surface area contributed by atoms with Crippen LogP contribution in [0.15, 0.2) is 12.4 Å². The van der Waals surface area contributed by atoms with E-state index in [0.717, 1.165) is 13.1 Å². The Kier molecular flexibility index (Phi) is 3.09. The number of halogens is 1. The lowest BCUT2D eigenvalue weighted by atomic mass is 10.3. The molecule has 2 atom stereocenters. The third-order valence-corrected chi connectivity index (χ3v) is 3.54. The summed E-state index contributed by atoms with van der Waals surface area (Å²) >= 11 is 1.97. The molecule has 0 saturated carbocycles. The molecule has 1 saturated heterocycles. The van der Waals surface area contributed by atoms with Gasteiger partial charge in [0.2, 0.25) is 5.95 Å². The zero-order valence-corrected chi connectivity index (χ0v) is 9.67. The van der Waals surface area contributed by atoms with Gasteiger partial charge in [-0.25, -0.2) is 14.4 Å². The van der Waals surface area contributed by atoms with E-state index < -0.39 is 0 Å². The van der Waals surface area contributed by atoms with Gasteiger partial charge in [-0.1, -0.05) is 13.8 Å². The van der Waals surface area contributed by atoms with Crippen LogP contribution in [0.4, 0.5) is 10.3 Å². The smallest absolute Gasteiger partial charge is 0.225 e. The standard InChI is InChI=1S/C10H14FN3S/c1-7-5-14(6-8(2)15-7)10-12-3-9(11)4-13-10/h3-4,7-8H,5-6H2,1-2H3. The summed E-state index contributed by atoms with van der Waals surface area (Å²) in [5.74, 6) is 0.252. The zero-order chi connectivity index (χ0) is 10.8. The highest BCUT2D eigenvalue weighted by molar-refractivity contribution is 8.00. The van der Waals surface area contributed by atoms with Gasteiger partial charge in [0, 0.05) is 23.6 Å². The van der Waals surface area contributed by atoms with Crippen molar-refractivity contribution in [2.24, 2.45) is 0 Å². The van der Waals surface area contributed by atoms with Crippen molar-refractivity contribution in [2.45, 2.75) is 24.3 Å². The minimum Gasteiger partial charge on any atom is -0.339 e. The molecule has 0 N–H and O–H groups in total. The van der Waals surface area contributed by atoms with Crippen molar-refractivity contribution in [3.8, 4) is 0 Å². The third-order valence-electron chi connectivity index (χ3n) is 2.31. The molecule has 1 fully saturated rings. The second kappa shape index (κ2) is 4.35. The van der Waals surface area contributed by atoms with Crippen molar-refractivity contribution in [3.63, 3.8) is 0 Å². The molecule has 0 spiro atoms. The van der Waals surface area contributed by atoms with Crippen molar-refractivity contribution in [1.82, 2.24) is 9.97 Å². The van der Waals surface area contributed by atoms with Gasteiger partial charge < -0.3 is 4.90 Å². The quantitative estimate of drug-likeness (QED) is 0.733. The fourth-order valence-electron chi connectivity index (χ4n) is 1.81. The predicted octanol–water partition coefficient (Wildman–Crippen LogP) is 1.95. The van der Waals surface area contributed by atoms with Crippen LogP contribution in [-0.2, 0) is 0 Å². The largest absolute Gasteiger partial charge is 0.339 e. The maximum absolute atomic E-state index is 12.7. The average Bonchev–Trinajstić information content (AvgIpc) is 2.17. The van der Waals surface area contributed by atoms with Gasteiger partial charge in [-0.3, -0.25) is 0 Å². The predicted molar refractivity (Wildman–Crippen MR) is 60.7 cm³/mol. The molecule has 1 aliphatic rings. The molecular formula is C10H14FN3S. The summed E-state index contributed by atoms with van der Waals surface area (Å²) < 4.78 is 12.7. The molecule has 2 heterocycles. The molecule has 82 valence electrons. The van der Waals surface area contributed by atoms with Crippen LogP contribution in [0.2, 0.25) is 0 Å². The van der Waals surface area contributed by atoms with E-state index in [2.05, 4.69) is 28.7 Å². The van der Waals surface area contributed by atoms with Gasteiger partial charge in [0.05, 0.1) is 12.4 Å². The molecule has 0 amide bonds. The van der Waals surface area contributed by atoms with E-state index in [1.807, 2.05) is 11.8 Å². The number of rotatable bonds is 1. The van der Waals surface area contributed by atoms with Gasteiger partial charge in [-0.2, -0.15) is 11.8 Å². The Morgan fingerprint density at radius 2 is 1.80 bits per heavy atom. The first-order valence-corrected chi connectivity index (χ1v) is 5.97. The molecule has 15 heavy (non-hydrogen) atoms. The van der Waals surface area contributed by atoms with Crippen molar-refractivity contribution >= 4 is 17.7 Å². The summed E-state index contributed by atoms with van der Waals surface area (Å²) in [5, 5.41) is 1.14. The first-order chi connectivity index (χ1) is 7.15. The highest BCUT2D eigenvalue weighted by Crippen LogP contribution is 2.26. The van der Waals surface area contributed by atoms with E-state index in [-0.39, 0.29) is 5.82 Å². The van der Waals surface area contributed by atoms with E-state index in [1.165, 1.54) is 12.4 Å². The molecule has 0 aliphatic carbocycles. The molecule has 0 aromatic carbocycles. The topological polar surface area (TPSA) is 29.0 Å². The molecule has 0 radical (unpaired) electrons. The summed E-state index contributed by atoms with van der Waals surface area (Å²) in [4.78, 5) is 10.1. The monoisotopic (exact) mass is 227 g/mol. The molecule has 5 heteroatoms. The lowest BCUT2D eigenvalue weighted by Crippen LogP contribution is -2.41. The van der Waals surface area contributed by atoms with Gasteiger partial charge in [-0.05, 0) is 0 Å². The number of nitrogens with zero attached hydrogens (tertiary/aromatic N) is 3. The number of hydrogen-bond donors (Lipinski definition) is 0. The molecule has 1 aliphatic heterocycles. The van der Waals surface area contributed by atoms with Gasteiger partial charge in [0.25, 0.3) is 0 Å². The van der Waals surface area contributed by atoms with Crippen LogP contribution in [0.1, 0.15) is 13.8 Å². The van der Waals surface area contributed by atoms with Crippen LogP contribution in [0.3, 0.4) is 0 Å². The molecule has 2 unspecified atom stereocenters. The Morgan fingerprint density at radius 3 is 2.33 bits per heavy atom. The second-order valence-corrected chi connectivity index (χ2v) is 5.75. The fraction of sp³-hybridized carbons (Fsp3) is 0.600. The molecule has 0 bridgehead atoms. The van der Waals surface area contributed by atoms with Gasteiger partial charge in [-0.15, -0.1) is 0 Å². The molecule has 3 nitrogen and oxygen atoms in total. The van der Waals surface area contributed by atoms with Crippen molar-refractivity contribution in [3.05, 3.63) is 18.2 Å². The SMILES string of the molecule is CC1CN(c2ncc(F)cn2)CC(C)S1. The maximum atomic E-state index is 12.7. The van der Waals surface area contributed by atoms with Crippen LogP contribution in [0, 0.1) is 5.82 Å². The second-order valence-electron chi connectivity index (χ2n) is 3.86. The Bertz CT molecular complexity index is 320. The Hall–Kier alpha value is -0.840. The zero-order valence-electron chi connectivity index (χ0n) is 8.85. The number of thioether (sulfide) groups is 1. The molecular weight excluding hydrogens is 213 g/mol. The number of hydrogen-bond acceptors (Lipinski definition) is 4. The van der Waals surface area contributed by atoms with Gasteiger partial charge in [0.15, 0.2) is 5.82 Å². The highest BCUT2D eigenvalue weighted by atomic mass is 32.2. The van der Waals surface area contributed by atoms with E-state index in [4.69, 9.17) is 0 Å². The van der Waals surface area contributed by atoms with Crippen LogP contribution in [-0.4, -0.2) is 33.6 Å². The molecule has 2 rings (SSSR count). The summed E-state index contributed by atoms with van der Waals surface area (Å²) in [6.07, 6.45) is 2.44. The minimum atomic E-state index is -0.383. The maximum Gasteiger partial charge on any atom is 0.225 e. The van der Waals surface area contributed by atoms with Crippen LogP contribution >= 0.6 is 11.8 Å². The van der Waals surface area contributed by atoms with E-state index in [0.29, 0.717) is 16.4 Å². The van der Waals surface area contributed by atoms with Gasteiger partial charge >= 0.3 is 0 Å². The molecule has 1 aromatic rings.